The highest BCUT2D eigenvalue weighted by Gasteiger charge is 2.24. The maximum Gasteiger partial charge on any atom is 0.257 e. The molecule has 0 aliphatic carbocycles. The van der Waals surface area contributed by atoms with Crippen molar-refractivity contribution in [2.45, 2.75) is 34.1 Å². The molecule has 2 heterocycles. The largest absolute Gasteiger partial charge is 0.320 e. The monoisotopic (exact) mass is 455 g/mol. The molecule has 170 valence electrons. The highest BCUT2D eigenvalue weighted by molar-refractivity contribution is 5.94. The summed E-state index contributed by atoms with van der Waals surface area (Å²) in [7, 11) is 0. The molecule has 0 N–H and O–H groups in total. The first kappa shape index (κ1) is 22.5. The molecule has 0 saturated heterocycles. The summed E-state index contributed by atoms with van der Waals surface area (Å²) in [5.74, 6) is 5.03. The minimum absolute atomic E-state index is 0.000127. The molecule has 4 rings (SSSR count). The van der Waals surface area contributed by atoms with E-state index in [0.717, 1.165) is 11.0 Å². The number of aryl methyl sites for hydroxylation is 1. The number of fused-ring (bicyclic) bond motifs is 3. The summed E-state index contributed by atoms with van der Waals surface area (Å²) in [6.07, 6.45) is -2.81. The van der Waals surface area contributed by atoms with Gasteiger partial charge >= 0.3 is 0 Å². The molecule has 2 aromatic heterocycles. The second kappa shape index (κ2) is 8.35. The van der Waals surface area contributed by atoms with Gasteiger partial charge in [-0.1, -0.05) is 17.9 Å². The number of benzene rings is 2. The Labute approximate surface area is 188 Å². The lowest BCUT2D eigenvalue weighted by Crippen LogP contribution is -2.26. The minimum atomic E-state index is -2.81. The number of halogens is 4. The normalized spacial score (nSPS) is 11.8. The van der Waals surface area contributed by atoms with Crippen LogP contribution in [-0.4, -0.2) is 32.6 Å². The molecule has 0 spiro atoms. The molecule has 0 amide bonds. The van der Waals surface area contributed by atoms with E-state index >= 15 is 4.39 Å². The third-order valence-electron chi connectivity index (χ3n) is 4.82. The van der Waals surface area contributed by atoms with Gasteiger partial charge in [0.15, 0.2) is 0 Å². The van der Waals surface area contributed by atoms with Gasteiger partial charge in [0.1, 0.15) is 23.3 Å². The van der Waals surface area contributed by atoms with Crippen molar-refractivity contribution >= 4 is 28.2 Å². The molecule has 0 atom stereocenters. The maximum atomic E-state index is 15.0. The second-order valence-corrected chi connectivity index (χ2v) is 8.65. The van der Waals surface area contributed by atoms with E-state index in [1.54, 1.807) is 13.0 Å². The van der Waals surface area contributed by atoms with Crippen molar-refractivity contribution in [2.75, 3.05) is 11.4 Å². The number of aromatic nitrogens is 4. The van der Waals surface area contributed by atoms with Crippen molar-refractivity contribution in [3.63, 3.8) is 0 Å². The van der Waals surface area contributed by atoms with Crippen LogP contribution < -0.4 is 4.90 Å². The fraction of sp³-hybridized carbons (Fsp3) is 0.292. The first-order chi connectivity index (χ1) is 15.5. The van der Waals surface area contributed by atoms with Crippen molar-refractivity contribution in [1.29, 1.82) is 0 Å². The predicted molar refractivity (Wildman–Crippen MR) is 119 cm³/mol. The summed E-state index contributed by atoms with van der Waals surface area (Å²) >= 11 is 0. The van der Waals surface area contributed by atoms with E-state index < -0.39 is 24.6 Å². The van der Waals surface area contributed by atoms with Gasteiger partial charge < -0.3 is 4.90 Å². The molecule has 0 fully saturated rings. The van der Waals surface area contributed by atoms with E-state index in [1.165, 1.54) is 28.7 Å². The zero-order chi connectivity index (χ0) is 23.9. The van der Waals surface area contributed by atoms with E-state index in [4.69, 9.17) is 0 Å². The van der Waals surface area contributed by atoms with Crippen LogP contribution in [0, 0.1) is 35.8 Å². The Morgan fingerprint density at radius 3 is 2.55 bits per heavy atom. The topological polar surface area (TPSA) is 46.3 Å². The Bertz CT molecular complexity index is 1410. The van der Waals surface area contributed by atoms with E-state index in [1.807, 2.05) is 20.8 Å². The molecular formula is C24H21F4N5. The van der Waals surface area contributed by atoms with Crippen LogP contribution in [0.2, 0.25) is 0 Å². The quantitative estimate of drug-likeness (QED) is 0.294. The molecule has 0 radical (unpaired) electrons. The Morgan fingerprint density at radius 1 is 1.09 bits per heavy atom. The van der Waals surface area contributed by atoms with Crippen molar-refractivity contribution in [2.24, 2.45) is 5.41 Å². The van der Waals surface area contributed by atoms with Crippen molar-refractivity contribution in [3.05, 3.63) is 59.4 Å². The number of alkyl halides is 2. The predicted octanol–water partition coefficient (Wildman–Crippen LogP) is 5.66. The maximum absolute atomic E-state index is 15.0. The molecule has 0 bridgehead atoms. The summed E-state index contributed by atoms with van der Waals surface area (Å²) in [6, 6.07) is 8.14. The number of anilines is 2. The molecular weight excluding hydrogens is 434 g/mol. The lowest BCUT2D eigenvalue weighted by Gasteiger charge is -2.25. The molecule has 2 aromatic carbocycles. The number of rotatable bonds is 4. The Kier molecular flexibility index (Phi) is 5.70. The Hall–Kier alpha value is -3.67. The van der Waals surface area contributed by atoms with Gasteiger partial charge in [0, 0.05) is 16.7 Å². The van der Waals surface area contributed by atoms with Gasteiger partial charge in [0.25, 0.3) is 12.2 Å². The van der Waals surface area contributed by atoms with Crippen molar-refractivity contribution in [3.8, 4) is 11.8 Å². The fourth-order valence-electron chi connectivity index (χ4n) is 3.49. The van der Waals surface area contributed by atoms with Crippen LogP contribution in [0.5, 0.6) is 0 Å². The second-order valence-electron chi connectivity index (χ2n) is 8.65. The summed E-state index contributed by atoms with van der Waals surface area (Å²) in [5, 5.41) is 7.94. The fourth-order valence-corrected chi connectivity index (χ4v) is 3.49. The average molecular weight is 455 g/mol. The molecule has 9 heteroatoms. The zero-order valence-electron chi connectivity index (χ0n) is 18.5. The smallest absolute Gasteiger partial charge is 0.257 e. The van der Waals surface area contributed by atoms with Gasteiger partial charge in [-0.05, 0) is 58.0 Å². The molecule has 33 heavy (non-hydrogen) atoms. The summed E-state index contributed by atoms with van der Waals surface area (Å²) in [6.45, 7) is 6.54. The van der Waals surface area contributed by atoms with Crippen LogP contribution >= 0.6 is 0 Å². The van der Waals surface area contributed by atoms with Crippen LogP contribution in [0.1, 0.15) is 32.2 Å². The number of hydrogen-bond donors (Lipinski definition) is 0. The first-order valence-electron chi connectivity index (χ1n) is 10.2. The molecule has 0 unspecified atom stereocenters. The van der Waals surface area contributed by atoms with E-state index in [2.05, 4.69) is 27.0 Å². The third-order valence-corrected chi connectivity index (χ3v) is 4.82. The lowest BCUT2D eigenvalue weighted by atomic mass is 9.97. The van der Waals surface area contributed by atoms with E-state index in [-0.39, 0.29) is 28.1 Å². The first-order valence-corrected chi connectivity index (χ1v) is 10.2. The Morgan fingerprint density at radius 2 is 1.85 bits per heavy atom. The number of hydrogen-bond acceptors (Lipinski definition) is 4. The molecule has 0 aliphatic heterocycles. The van der Waals surface area contributed by atoms with E-state index in [9.17, 15) is 13.2 Å². The SMILES string of the molecule is Cc1nnc2nc(N(CC(F)F)c3cc(F)cc(C#CC(C)(C)C)c3)c3c(F)cccc3n12. The summed E-state index contributed by atoms with van der Waals surface area (Å²) in [4.78, 5) is 5.43. The highest BCUT2D eigenvalue weighted by atomic mass is 19.3. The van der Waals surface area contributed by atoms with Crippen LogP contribution in [0.4, 0.5) is 29.1 Å². The zero-order valence-corrected chi connectivity index (χ0v) is 18.5. The summed E-state index contributed by atoms with van der Waals surface area (Å²) < 4.78 is 58.4. The van der Waals surface area contributed by atoms with Gasteiger partial charge in [-0.3, -0.25) is 4.40 Å². The molecule has 0 aliphatic rings. The van der Waals surface area contributed by atoms with Crippen LogP contribution in [0.25, 0.3) is 16.7 Å². The highest BCUT2D eigenvalue weighted by Crippen LogP contribution is 2.34. The lowest BCUT2D eigenvalue weighted by molar-refractivity contribution is 0.158. The number of nitrogens with zero attached hydrogens (tertiary/aromatic N) is 5. The Balaban J connectivity index is 1.99. The van der Waals surface area contributed by atoms with Gasteiger partial charge in [-0.2, -0.15) is 4.98 Å². The third kappa shape index (κ3) is 4.60. The van der Waals surface area contributed by atoms with Crippen LogP contribution in [0.15, 0.2) is 36.4 Å². The molecule has 0 saturated carbocycles. The average Bonchev–Trinajstić information content (AvgIpc) is 3.10. The van der Waals surface area contributed by atoms with E-state index in [0.29, 0.717) is 16.9 Å². The van der Waals surface area contributed by atoms with Crippen molar-refractivity contribution < 1.29 is 17.6 Å². The molecule has 4 aromatic rings. The van der Waals surface area contributed by atoms with Crippen LogP contribution in [0.3, 0.4) is 0 Å². The van der Waals surface area contributed by atoms with Crippen LogP contribution in [-0.2, 0) is 0 Å². The van der Waals surface area contributed by atoms with Gasteiger partial charge in [0.05, 0.1) is 17.4 Å². The van der Waals surface area contributed by atoms with Gasteiger partial charge in [-0.15, -0.1) is 10.2 Å². The van der Waals surface area contributed by atoms with Gasteiger partial charge in [0.2, 0.25) is 0 Å². The minimum Gasteiger partial charge on any atom is -0.320 e. The standard InChI is InChI=1S/C24H21F4N5/c1-14-30-31-23-29-22(21-18(26)6-5-7-19(21)33(14)23)32(13-20(27)28)17-11-15(10-16(25)12-17)8-9-24(2,3)4/h5-7,10-12,20H,13H2,1-4H3. The van der Waals surface area contributed by atoms with Crippen molar-refractivity contribution in [1.82, 2.24) is 19.6 Å². The molecule has 5 nitrogen and oxygen atoms in total. The van der Waals surface area contributed by atoms with Gasteiger partial charge in [-0.25, -0.2) is 17.6 Å². The summed E-state index contributed by atoms with van der Waals surface area (Å²) in [5.41, 5.74) is 0.405.